The number of carboxylic acid groups (broad SMARTS) is 1. The summed E-state index contributed by atoms with van der Waals surface area (Å²) in [5.41, 5.74) is 10.7. The number of hydrogen-bond donors (Lipinski definition) is 6. The summed E-state index contributed by atoms with van der Waals surface area (Å²) in [7, 11) is 0. The highest BCUT2D eigenvalue weighted by molar-refractivity contribution is 5.96. The van der Waals surface area contributed by atoms with Crippen molar-refractivity contribution in [2.24, 2.45) is 17.4 Å². The molecule has 1 aliphatic heterocycles. The van der Waals surface area contributed by atoms with Gasteiger partial charge in [0.2, 0.25) is 23.6 Å². The fraction of sp³-hybridized carbons (Fsp3) is 0.722. The molecule has 0 aromatic rings. The maximum Gasteiger partial charge on any atom is 0.326 e. The summed E-state index contributed by atoms with van der Waals surface area (Å²) in [6, 6.07) is -4.77. The van der Waals surface area contributed by atoms with E-state index in [9.17, 15) is 34.2 Å². The molecule has 0 aliphatic carbocycles. The first-order valence-electron chi connectivity index (χ1n) is 9.72. The molecule has 0 saturated carbocycles. The van der Waals surface area contributed by atoms with Crippen LogP contribution in [0.4, 0.5) is 0 Å². The third-order valence-electron chi connectivity index (χ3n) is 4.91. The zero-order chi connectivity index (χ0) is 23.2. The van der Waals surface area contributed by atoms with Gasteiger partial charge in [-0.1, -0.05) is 13.8 Å². The molecule has 1 saturated heterocycles. The molecule has 0 aromatic heterocycles. The third-order valence-corrected chi connectivity index (χ3v) is 4.91. The Morgan fingerprint density at radius 2 is 1.73 bits per heavy atom. The number of hydrogen-bond acceptors (Lipinski definition) is 7. The molecule has 30 heavy (non-hydrogen) atoms. The number of carbonyl (C=O) groups excluding carboxylic acids is 4. The minimum Gasteiger partial charge on any atom is -0.480 e. The number of carbonyl (C=O) groups is 5. The Balaban J connectivity index is 2.99. The average Bonchev–Trinajstić information content (AvgIpc) is 3.12. The summed E-state index contributed by atoms with van der Waals surface area (Å²) in [4.78, 5) is 61.7. The van der Waals surface area contributed by atoms with E-state index in [1.807, 2.05) is 0 Å². The topological polar surface area (TPSA) is 205 Å². The van der Waals surface area contributed by atoms with Crippen molar-refractivity contribution in [3.63, 3.8) is 0 Å². The Kier molecular flexibility index (Phi) is 9.18. The van der Waals surface area contributed by atoms with Crippen LogP contribution in [0.25, 0.3) is 0 Å². The molecule has 0 spiro atoms. The van der Waals surface area contributed by atoms with Crippen molar-refractivity contribution in [2.75, 3.05) is 6.54 Å². The van der Waals surface area contributed by atoms with Crippen molar-refractivity contribution in [3.05, 3.63) is 0 Å². The van der Waals surface area contributed by atoms with Crippen LogP contribution in [0.15, 0.2) is 0 Å². The molecule has 12 nitrogen and oxygen atoms in total. The summed E-state index contributed by atoms with van der Waals surface area (Å²) in [6.45, 7) is 4.76. The molecule has 5 unspecified atom stereocenters. The van der Waals surface area contributed by atoms with Crippen LogP contribution in [0.2, 0.25) is 0 Å². The zero-order valence-electron chi connectivity index (χ0n) is 17.3. The highest BCUT2D eigenvalue weighted by Crippen LogP contribution is 2.20. The second-order valence-corrected chi connectivity index (χ2v) is 7.76. The van der Waals surface area contributed by atoms with E-state index in [0.717, 1.165) is 0 Å². The summed E-state index contributed by atoms with van der Waals surface area (Å²) >= 11 is 0. The number of aliphatic carboxylic acids is 1. The van der Waals surface area contributed by atoms with E-state index in [1.165, 1.54) is 11.8 Å². The molecular weight excluding hydrogens is 398 g/mol. The molecule has 8 N–H and O–H groups in total. The number of rotatable bonds is 10. The number of aliphatic hydroxyl groups excluding tert-OH is 1. The van der Waals surface area contributed by atoms with Crippen molar-refractivity contribution >= 4 is 29.6 Å². The fourth-order valence-electron chi connectivity index (χ4n) is 3.15. The fourth-order valence-corrected chi connectivity index (χ4v) is 3.15. The van der Waals surface area contributed by atoms with Gasteiger partial charge in [-0.05, 0) is 25.7 Å². The van der Waals surface area contributed by atoms with E-state index in [2.05, 4.69) is 10.6 Å². The second-order valence-electron chi connectivity index (χ2n) is 7.76. The zero-order valence-corrected chi connectivity index (χ0v) is 17.3. The minimum atomic E-state index is -1.37. The Morgan fingerprint density at radius 3 is 2.20 bits per heavy atom. The molecule has 0 aromatic carbocycles. The number of amides is 4. The molecule has 170 valence electrons. The number of aliphatic hydroxyl groups is 1. The van der Waals surface area contributed by atoms with Crippen LogP contribution in [-0.2, 0) is 24.0 Å². The molecule has 1 heterocycles. The van der Waals surface area contributed by atoms with Gasteiger partial charge in [0.25, 0.3) is 0 Å². The molecule has 1 fully saturated rings. The maximum atomic E-state index is 13.0. The predicted molar refractivity (Wildman–Crippen MR) is 105 cm³/mol. The number of nitrogens with two attached hydrogens (primary N) is 2. The lowest BCUT2D eigenvalue weighted by Crippen LogP contribution is -2.58. The quantitative estimate of drug-likeness (QED) is 0.214. The molecule has 1 aliphatic rings. The third kappa shape index (κ3) is 6.66. The molecule has 5 atom stereocenters. The lowest BCUT2D eigenvalue weighted by atomic mass is 10.0. The standard InChI is InChI=1S/C18H31N5O7/c1-8(2)14(18(29)30)22-15(26)11-5-4-6-23(11)17(28)10(7-12(19)25)21-16(27)13(20)9(3)24/h8-11,13-14,24H,4-7,20H2,1-3H3,(H2,19,25)(H,21,27)(H,22,26)(H,29,30). The molecule has 12 heteroatoms. The Bertz CT molecular complexity index is 682. The summed E-state index contributed by atoms with van der Waals surface area (Å²) < 4.78 is 0. The van der Waals surface area contributed by atoms with Gasteiger partial charge >= 0.3 is 5.97 Å². The van der Waals surface area contributed by atoms with Gasteiger partial charge in [0.1, 0.15) is 24.2 Å². The lowest BCUT2D eigenvalue weighted by molar-refractivity contribution is -0.146. The van der Waals surface area contributed by atoms with Crippen LogP contribution in [0.3, 0.4) is 0 Å². The maximum absolute atomic E-state index is 13.0. The summed E-state index contributed by atoms with van der Waals surface area (Å²) in [5.74, 6) is -4.62. The largest absolute Gasteiger partial charge is 0.480 e. The first-order valence-corrected chi connectivity index (χ1v) is 9.72. The van der Waals surface area contributed by atoms with Gasteiger partial charge < -0.3 is 37.2 Å². The van der Waals surface area contributed by atoms with Gasteiger partial charge in [-0.25, -0.2) is 4.79 Å². The van der Waals surface area contributed by atoms with Gasteiger partial charge in [0.05, 0.1) is 12.5 Å². The van der Waals surface area contributed by atoms with E-state index >= 15 is 0 Å². The number of nitrogens with zero attached hydrogens (tertiary/aromatic N) is 1. The van der Waals surface area contributed by atoms with Crippen molar-refractivity contribution in [2.45, 2.75) is 70.3 Å². The number of carboxylic acids is 1. The average molecular weight is 429 g/mol. The highest BCUT2D eigenvalue weighted by atomic mass is 16.4. The molecule has 0 radical (unpaired) electrons. The first kappa shape index (κ1) is 25.3. The van der Waals surface area contributed by atoms with Crippen molar-refractivity contribution in [3.8, 4) is 0 Å². The monoisotopic (exact) mass is 429 g/mol. The van der Waals surface area contributed by atoms with Gasteiger partial charge in [-0.15, -0.1) is 0 Å². The van der Waals surface area contributed by atoms with Crippen LogP contribution < -0.4 is 22.1 Å². The van der Waals surface area contributed by atoms with E-state index in [4.69, 9.17) is 11.5 Å². The van der Waals surface area contributed by atoms with Gasteiger partial charge in [-0.2, -0.15) is 0 Å². The van der Waals surface area contributed by atoms with Gasteiger partial charge in [-0.3, -0.25) is 19.2 Å². The first-order chi connectivity index (χ1) is 13.9. The molecule has 0 bridgehead atoms. The van der Waals surface area contributed by atoms with Crippen LogP contribution >= 0.6 is 0 Å². The van der Waals surface area contributed by atoms with Crippen molar-refractivity contribution < 1.29 is 34.2 Å². The summed E-state index contributed by atoms with van der Waals surface area (Å²) in [6.07, 6.45) is -0.935. The Morgan fingerprint density at radius 1 is 1.13 bits per heavy atom. The van der Waals surface area contributed by atoms with E-state index < -0.39 is 66.3 Å². The molecule has 1 rings (SSSR count). The number of nitrogens with one attached hydrogen (secondary N) is 2. The van der Waals surface area contributed by atoms with E-state index in [1.54, 1.807) is 13.8 Å². The highest BCUT2D eigenvalue weighted by Gasteiger charge is 2.40. The van der Waals surface area contributed by atoms with Crippen LogP contribution in [0.5, 0.6) is 0 Å². The number of likely N-dealkylation sites (tertiary alicyclic amines) is 1. The smallest absolute Gasteiger partial charge is 0.326 e. The SMILES string of the molecule is CC(C)C(NC(=O)C1CCCN1C(=O)C(CC(N)=O)NC(=O)C(N)C(C)O)C(=O)O. The summed E-state index contributed by atoms with van der Waals surface area (Å²) in [5, 5.41) is 23.5. The van der Waals surface area contributed by atoms with Crippen molar-refractivity contribution in [1.82, 2.24) is 15.5 Å². The minimum absolute atomic E-state index is 0.184. The second kappa shape index (κ2) is 10.9. The van der Waals surface area contributed by atoms with Crippen molar-refractivity contribution in [1.29, 1.82) is 0 Å². The molecular formula is C18H31N5O7. The Labute approximate surface area is 174 Å². The van der Waals surface area contributed by atoms with Gasteiger partial charge in [0, 0.05) is 6.54 Å². The molecule has 4 amide bonds. The van der Waals surface area contributed by atoms with E-state index in [-0.39, 0.29) is 12.5 Å². The normalized spacial score (nSPS) is 20.2. The predicted octanol–water partition coefficient (Wildman–Crippen LogP) is -2.73. The number of primary amides is 1. The van der Waals surface area contributed by atoms with Crippen LogP contribution in [0, 0.1) is 5.92 Å². The van der Waals surface area contributed by atoms with Crippen LogP contribution in [-0.4, -0.2) is 81.5 Å². The van der Waals surface area contributed by atoms with Crippen LogP contribution in [0.1, 0.15) is 40.0 Å². The lowest BCUT2D eigenvalue weighted by Gasteiger charge is -2.30. The van der Waals surface area contributed by atoms with E-state index in [0.29, 0.717) is 12.8 Å². The van der Waals surface area contributed by atoms with Gasteiger partial charge in [0.15, 0.2) is 0 Å². The Hall–Kier alpha value is -2.73.